The number of para-hydroxylation sites is 1. The summed E-state index contributed by atoms with van der Waals surface area (Å²) in [5.74, 6) is -0.640. The Balaban J connectivity index is 1.89. The van der Waals surface area contributed by atoms with Gasteiger partial charge in [0.05, 0.1) is 18.2 Å². The molecule has 0 spiro atoms. The van der Waals surface area contributed by atoms with Gasteiger partial charge in [0.1, 0.15) is 11.5 Å². The maximum atomic E-state index is 13.2. The highest BCUT2D eigenvalue weighted by molar-refractivity contribution is 6.46. The van der Waals surface area contributed by atoms with Gasteiger partial charge in [-0.15, -0.1) is 0 Å². The van der Waals surface area contributed by atoms with Crippen molar-refractivity contribution in [1.29, 1.82) is 0 Å². The monoisotopic (exact) mass is 446 g/mol. The van der Waals surface area contributed by atoms with E-state index in [4.69, 9.17) is 4.74 Å². The summed E-state index contributed by atoms with van der Waals surface area (Å²) in [6.45, 7) is 6.95. The number of likely N-dealkylation sites (tertiary alicyclic amines) is 1. The van der Waals surface area contributed by atoms with Gasteiger partial charge in [0.2, 0.25) is 0 Å². The first-order chi connectivity index (χ1) is 15.9. The molecule has 172 valence electrons. The lowest BCUT2D eigenvalue weighted by molar-refractivity contribution is -0.139. The number of nitrogens with zero attached hydrogens (tertiary/aromatic N) is 2. The number of aromatic nitrogens is 1. The van der Waals surface area contributed by atoms with Crippen molar-refractivity contribution in [2.75, 3.05) is 13.2 Å². The third-order valence-corrected chi connectivity index (χ3v) is 6.14. The summed E-state index contributed by atoms with van der Waals surface area (Å²) >= 11 is 0. The van der Waals surface area contributed by atoms with E-state index < -0.39 is 17.7 Å². The van der Waals surface area contributed by atoms with E-state index in [1.807, 2.05) is 62.8 Å². The molecule has 1 aliphatic rings. The second kappa shape index (κ2) is 9.14. The average molecular weight is 447 g/mol. The molecule has 6 heteroatoms. The summed E-state index contributed by atoms with van der Waals surface area (Å²) < 4.78 is 7.73. The fraction of sp³-hybridized carbons (Fsp3) is 0.333. The van der Waals surface area contributed by atoms with Crippen LogP contribution in [0.5, 0.6) is 5.75 Å². The summed E-state index contributed by atoms with van der Waals surface area (Å²) in [7, 11) is 1.94. The molecule has 6 nitrogen and oxygen atoms in total. The molecule has 2 heterocycles. The Labute approximate surface area is 194 Å². The van der Waals surface area contributed by atoms with E-state index in [0.29, 0.717) is 25.1 Å². The van der Waals surface area contributed by atoms with Crippen molar-refractivity contribution in [3.05, 3.63) is 70.9 Å². The summed E-state index contributed by atoms with van der Waals surface area (Å²) in [6, 6.07) is 12.6. The molecule has 3 aromatic rings. The predicted molar refractivity (Wildman–Crippen MR) is 129 cm³/mol. The molecule has 1 fully saturated rings. The second-order valence-corrected chi connectivity index (χ2v) is 8.53. The molecule has 1 aliphatic heterocycles. The lowest BCUT2D eigenvalue weighted by Gasteiger charge is -2.24. The van der Waals surface area contributed by atoms with Crippen LogP contribution in [-0.4, -0.2) is 39.4 Å². The molecular formula is C27H30N2O4. The zero-order valence-electron chi connectivity index (χ0n) is 19.6. The third-order valence-electron chi connectivity index (χ3n) is 6.14. The number of ether oxygens (including phenoxy) is 1. The molecule has 1 amide bonds. The first-order valence-corrected chi connectivity index (χ1v) is 11.4. The first kappa shape index (κ1) is 22.6. The van der Waals surface area contributed by atoms with Gasteiger partial charge in [-0.1, -0.05) is 32.0 Å². The zero-order chi connectivity index (χ0) is 23.7. The number of hydrogen-bond acceptors (Lipinski definition) is 4. The van der Waals surface area contributed by atoms with Crippen molar-refractivity contribution in [2.45, 2.75) is 39.7 Å². The fourth-order valence-corrected chi connectivity index (χ4v) is 4.59. The van der Waals surface area contributed by atoms with Gasteiger partial charge < -0.3 is 19.3 Å². The van der Waals surface area contributed by atoms with Crippen LogP contribution in [0, 0.1) is 6.92 Å². The summed E-state index contributed by atoms with van der Waals surface area (Å²) in [5.41, 5.74) is 3.32. The van der Waals surface area contributed by atoms with Crippen LogP contribution in [-0.2, 0) is 16.6 Å². The Hall–Kier alpha value is -3.54. The number of ketones is 1. The molecule has 2 aromatic carbocycles. The van der Waals surface area contributed by atoms with Gasteiger partial charge in [-0.05, 0) is 49.6 Å². The van der Waals surface area contributed by atoms with Crippen molar-refractivity contribution in [3.8, 4) is 5.75 Å². The van der Waals surface area contributed by atoms with E-state index in [0.717, 1.165) is 34.2 Å². The SMILES string of the molecule is CCCOc1ccc(/C(O)=C2\C(=O)C(=O)N(CCC)C2c2cn(C)c3ccccc23)cc1C. The first-order valence-electron chi connectivity index (χ1n) is 11.4. The standard InChI is InChI=1S/C27H30N2O4/c1-5-13-29-24(20-16-28(4)21-10-8-7-9-19(20)21)23(26(31)27(29)32)25(30)18-11-12-22(17(3)15-18)33-14-6-2/h7-12,15-16,24,30H,5-6,13-14H2,1-4H3/b25-23+. The van der Waals surface area contributed by atoms with Gasteiger partial charge in [-0.25, -0.2) is 0 Å². The number of rotatable bonds is 7. The number of aliphatic hydroxyl groups excluding tert-OH is 1. The van der Waals surface area contributed by atoms with E-state index in [1.165, 1.54) is 0 Å². The summed E-state index contributed by atoms with van der Waals surface area (Å²) in [5, 5.41) is 12.3. The molecule has 0 bridgehead atoms. The van der Waals surface area contributed by atoms with E-state index >= 15 is 0 Å². The van der Waals surface area contributed by atoms with Crippen LogP contribution in [0.4, 0.5) is 0 Å². The van der Waals surface area contributed by atoms with Crippen molar-refractivity contribution in [2.24, 2.45) is 7.05 Å². The lowest BCUT2D eigenvalue weighted by atomic mass is 9.94. The zero-order valence-corrected chi connectivity index (χ0v) is 19.6. The molecule has 1 aromatic heterocycles. The van der Waals surface area contributed by atoms with E-state index in [2.05, 4.69) is 0 Å². The van der Waals surface area contributed by atoms with Crippen LogP contribution in [0.3, 0.4) is 0 Å². The van der Waals surface area contributed by atoms with Crippen LogP contribution >= 0.6 is 0 Å². The number of aliphatic hydroxyl groups is 1. The van der Waals surface area contributed by atoms with Gasteiger partial charge in [0, 0.05) is 41.8 Å². The molecule has 33 heavy (non-hydrogen) atoms. The number of hydrogen-bond donors (Lipinski definition) is 1. The molecule has 4 rings (SSSR count). The van der Waals surface area contributed by atoms with Crippen LogP contribution in [0.15, 0.2) is 54.2 Å². The minimum absolute atomic E-state index is 0.131. The van der Waals surface area contributed by atoms with Gasteiger partial charge >= 0.3 is 0 Å². The Bertz CT molecular complexity index is 1250. The summed E-state index contributed by atoms with van der Waals surface area (Å²) in [4.78, 5) is 27.8. The molecule has 0 radical (unpaired) electrons. The number of carbonyl (C=O) groups excluding carboxylic acids is 2. The number of amides is 1. The van der Waals surface area contributed by atoms with Crippen LogP contribution in [0.1, 0.15) is 49.4 Å². The normalized spacial score (nSPS) is 17.8. The van der Waals surface area contributed by atoms with Crippen molar-refractivity contribution < 1.29 is 19.4 Å². The van der Waals surface area contributed by atoms with Gasteiger partial charge in [0.25, 0.3) is 11.7 Å². The van der Waals surface area contributed by atoms with Crippen molar-refractivity contribution >= 4 is 28.4 Å². The van der Waals surface area contributed by atoms with Gasteiger partial charge in [-0.2, -0.15) is 0 Å². The molecule has 1 unspecified atom stereocenters. The van der Waals surface area contributed by atoms with E-state index in [-0.39, 0.29) is 11.3 Å². The highest BCUT2D eigenvalue weighted by Crippen LogP contribution is 2.42. The lowest BCUT2D eigenvalue weighted by Crippen LogP contribution is -2.30. The second-order valence-electron chi connectivity index (χ2n) is 8.53. The summed E-state index contributed by atoms with van der Waals surface area (Å²) in [6.07, 6.45) is 3.55. The maximum absolute atomic E-state index is 13.2. The number of aryl methyl sites for hydroxylation is 2. The Morgan fingerprint density at radius 3 is 2.55 bits per heavy atom. The van der Waals surface area contributed by atoms with Gasteiger partial charge in [0.15, 0.2) is 0 Å². The third kappa shape index (κ3) is 3.90. The van der Waals surface area contributed by atoms with Crippen LogP contribution < -0.4 is 4.74 Å². The van der Waals surface area contributed by atoms with E-state index in [9.17, 15) is 14.7 Å². The Morgan fingerprint density at radius 2 is 1.85 bits per heavy atom. The number of fused-ring (bicyclic) bond motifs is 1. The fourth-order valence-electron chi connectivity index (χ4n) is 4.59. The molecular weight excluding hydrogens is 416 g/mol. The largest absolute Gasteiger partial charge is 0.507 e. The smallest absolute Gasteiger partial charge is 0.295 e. The quantitative estimate of drug-likeness (QED) is 0.311. The molecule has 0 aliphatic carbocycles. The molecule has 1 N–H and O–H groups in total. The minimum atomic E-state index is -0.650. The van der Waals surface area contributed by atoms with Crippen LogP contribution in [0.2, 0.25) is 0 Å². The Kier molecular flexibility index (Phi) is 6.27. The number of Topliss-reactive ketones (excluding diaryl/α,β-unsaturated/α-hetero) is 1. The van der Waals surface area contributed by atoms with E-state index in [1.54, 1.807) is 23.1 Å². The number of carbonyl (C=O) groups is 2. The predicted octanol–water partition coefficient (Wildman–Crippen LogP) is 5.11. The van der Waals surface area contributed by atoms with Crippen LogP contribution in [0.25, 0.3) is 16.7 Å². The maximum Gasteiger partial charge on any atom is 0.295 e. The van der Waals surface area contributed by atoms with Crippen molar-refractivity contribution in [1.82, 2.24) is 9.47 Å². The number of benzene rings is 2. The van der Waals surface area contributed by atoms with Crippen molar-refractivity contribution in [3.63, 3.8) is 0 Å². The average Bonchev–Trinajstić information content (AvgIpc) is 3.27. The topological polar surface area (TPSA) is 71.8 Å². The van der Waals surface area contributed by atoms with Gasteiger partial charge in [-0.3, -0.25) is 9.59 Å². The highest BCUT2D eigenvalue weighted by Gasteiger charge is 2.46. The molecule has 0 saturated carbocycles. The highest BCUT2D eigenvalue weighted by atomic mass is 16.5. The minimum Gasteiger partial charge on any atom is -0.507 e. The molecule has 1 atom stereocenters. The molecule has 1 saturated heterocycles. The Morgan fingerprint density at radius 1 is 1.09 bits per heavy atom.